The number of aromatic nitrogens is 2. The Hall–Kier alpha value is -1.49. The summed E-state index contributed by atoms with van der Waals surface area (Å²) in [4.78, 5) is 9.11. The molecule has 2 aliphatic rings. The summed E-state index contributed by atoms with van der Waals surface area (Å²) in [6.07, 6.45) is -3.49. The summed E-state index contributed by atoms with van der Waals surface area (Å²) in [5.41, 5.74) is -1.13. The molecule has 3 N–H and O–H groups in total. The van der Waals surface area contributed by atoms with Crippen molar-refractivity contribution in [1.82, 2.24) is 14.9 Å². The van der Waals surface area contributed by atoms with Crippen molar-refractivity contribution in [3.05, 3.63) is 18.1 Å². The summed E-state index contributed by atoms with van der Waals surface area (Å²) in [6, 6.07) is -0.775. The Morgan fingerprint density at radius 1 is 1.20 bits per heavy atom. The molecular formula is C15H21F3N4O3. The predicted octanol–water partition coefficient (Wildman–Crippen LogP) is 0.492. The maximum atomic E-state index is 12.7. The van der Waals surface area contributed by atoms with Gasteiger partial charge in [-0.25, -0.2) is 4.98 Å². The van der Waals surface area contributed by atoms with Crippen LogP contribution in [-0.4, -0.2) is 75.7 Å². The van der Waals surface area contributed by atoms with Gasteiger partial charge >= 0.3 is 6.18 Å². The first-order valence-electron chi connectivity index (χ1n) is 8.20. The minimum Gasteiger partial charge on any atom is -0.388 e. The average Bonchev–Trinajstić information content (AvgIpc) is 3.07. The molecule has 4 atom stereocenters. The first-order valence-corrected chi connectivity index (χ1v) is 8.20. The Kier molecular flexibility index (Phi) is 5.42. The van der Waals surface area contributed by atoms with Crippen LogP contribution in [0, 0.1) is 0 Å². The minimum atomic E-state index is -4.60. The van der Waals surface area contributed by atoms with Crippen LogP contribution in [0.2, 0.25) is 0 Å². The zero-order valence-corrected chi connectivity index (χ0v) is 13.5. The summed E-state index contributed by atoms with van der Waals surface area (Å²) < 4.78 is 43.7. The van der Waals surface area contributed by atoms with Crippen molar-refractivity contribution in [2.24, 2.45) is 0 Å². The summed E-state index contributed by atoms with van der Waals surface area (Å²) in [7, 11) is 0. The molecule has 7 nitrogen and oxygen atoms in total. The lowest BCUT2D eigenvalue weighted by Gasteiger charge is -2.39. The van der Waals surface area contributed by atoms with E-state index in [4.69, 9.17) is 4.74 Å². The van der Waals surface area contributed by atoms with Crippen LogP contribution in [0.4, 0.5) is 19.0 Å². The topological polar surface area (TPSA) is 90.7 Å². The summed E-state index contributed by atoms with van der Waals surface area (Å²) in [5, 5.41) is 23.2. The third kappa shape index (κ3) is 4.38. The van der Waals surface area contributed by atoms with E-state index >= 15 is 0 Å². The van der Waals surface area contributed by atoms with Crippen LogP contribution in [-0.2, 0) is 10.9 Å². The fourth-order valence-corrected chi connectivity index (χ4v) is 3.15. The van der Waals surface area contributed by atoms with Gasteiger partial charge in [-0.1, -0.05) is 0 Å². The van der Waals surface area contributed by atoms with Gasteiger partial charge in [0.05, 0.1) is 31.1 Å². The molecule has 2 saturated heterocycles. The number of halogens is 3. The third-order valence-corrected chi connectivity index (χ3v) is 4.53. The van der Waals surface area contributed by atoms with Crippen molar-refractivity contribution in [2.75, 3.05) is 31.6 Å². The van der Waals surface area contributed by atoms with Crippen LogP contribution < -0.4 is 5.32 Å². The molecule has 140 valence electrons. The van der Waals surface area contributed by atoms with E-state index in [0.29, 0.717) is 12.7 Å². The number of likely N-dealkylation sites (tertiary alicyclic amines) is 1. The maximum absolute atomic E-state index is 12.7. The van der Waals surface area contributed by atoms with Crippen LogP contribution >= 0.6 is 0 Å². The van der Waals surface area contributed by atoms with E-state index in [-0.39, 0.29) is 12.4 Å². The van der Waals surface area contributed by atoms with Crippen molar-refractivity contribution >= 4 is 5.82 Å². The number of nitrogens with one attached hydrogen (secondary N) is 1. The molecule has 2 fully saturated rings. The Morgan fingerprint density at radius 2 is 1.92 bits per heavy atom. The smallest absolute Gasteiger partial charge is 0.388 e. The highest BCUT2D eigenvalue weighted by molar-refractivity contribution is 5.34. The van der Waals surface area contributed by atoms with Gasteiger partial charge < -0.3 is 25.2 Å². The number of rotatable bonds is 4. The normalized spacial score (nSPS) is 31.2. The van der Waals surface area contributed by atoms with Crippen LogP contribution in [0.15, 0.2) is 12.4 Å². The number of hydrogen-bond acceptors (Lipinski definition) is 7. The highest BCUT2D eigenvalue weighted by Gasteiger charge is 2.40. The predicted molar refractivity (Wildman–Crippen MR) is 81.9 cm³/mol. The Balaban J connectivity index is 1.61. The van der Waals surface area contributed by atoms with Gasteiger partial charge in [0.2, 0.25) is 0 Å². The van der Waals surface area contributed by atoms with E-state index in [1.165, 1.54) is 0 Å². The van der Waals surface area contributed by atoms with E-state index in [9.17, 15) is 23.4 Å². The molecule has 10 heteroatoms. The molecule has 0 saturated carbocycles. The number of aliphatic hydroxyl groups excluding tert-OH is 2. The molecule has 0 aliphatic carbocycles. The van der Waals surface area contributed by atoms with E-state index in [0.717, 1.165) is 32.1 Å². The van der Waals surface area contributed by atoms with Crippen molar-refractivity contribution < 1.29 is 28.1 Å². The van der Waals surface area contributed by atoms with Gasteiger partial charge in [0.15, 0.2) is 5.69 Å². The highest BCUT2D eigenvalue weighted by atomic mass is 19.4. The van der Waals surface area contributed by atoms with E-state index in [1.54, 1.807) is 0 Å². The Labute approximate surface area is 142 Å². The van der Waals surface area contributed by atoms with Crippen LogP contribution in [0.5, 0.6) is 0 Å². The van der Waals surface area contributed by atoms with Gasteiger partial charge in [0, 0.05) is 6.54 Å². The Bertz CT molecular complexity index is 583. The number of alkyl halides is 3. The number of ether oxygens (including phenoxy) is 1. The number of nitrogens with zero attached hydrogens (tertiary/aromatic N) is 3. The van der Waals surface area contributed by atoms with Gasteiger partial charge in [0.1, 0.15) is 18.0 Å². The third-order valence-electron chi connectivity index (χ3n) is 4.53. The summed E-state index contributed by atoms with van der Waals surface area (Å²) in [5.74, 6) is -0.132. The molecule has 2 aliphatic heterocycles. The lowest BCUT2D eigenvalue weighted by molar-refractivity contribution is -0.146. The summed E-state index contributed by atoms with van der Waals surface area (Å²) in [6.45, 7) is 2.44. The van der Waals surface area contributed by atoms with Crippen molar-refractivity contribution in [2.45, 2.75) is 43.4 Å². The molecule has 0 unspecified atom stereocenters. The molecule has 0 aromatic carbocycles. The second-order valence-electron chi connectivity index (χ2n) is 6.40. The second-order valence-corrected chi connectivity index (χ2v) is 6.40. The standard InChI is InChI=1S/C15H21F3N4O3/c16-15(17,18)11-5-19-6-12(21-11)20-9-8-25-10(14(24)13(9)23)7-22-3-1-2-4-22/h5-6,9-10,13-14,23-24H,1-4,7-8H2,(H,20,21)/t9-,10+,13+,14-/m0/s1. The monoisotopic (exact) mass is 362 g/mol. The minimum absolute atomic E-state index is 0.0503. The average molecular weight is 362 g/mol. The maximum Gasteiger partial charge on any atom is 0.434 e. The molecule has 25 heavy (non-hydrogen) atoms. The molecule has 0 radical (unpaired) electrons. The van der Waals surface area contributed by atoms with Gasteiger partial charge in [0.25, 0.3) is 0 Å². The van der Waals surface area contributed by atoms with Gasteiger partial charge in [-0.3, -0.25) is 4.98 Å². The van der Waals surface area contributed by atoms with Crippen molar-refractivity contribution in [3.63, 3.8) is 0 Å². The first kappa shape index (κ1) is 18.3. The Morgan fingerprint density at radius 3 is 2.60 bits per heavy atom. The quantitative estimate of drug-likeness (QED) is 0.718. The molecule has 1 aromatic rings. The zero-order chi connectivity index (χ0) is 18.0. The SMILES string of the molecule is O[C@@H]1[C@H](O)[C@@H](Nc2cncc(C(F)(F)F)n2)CO[C@@H]1CN1CCCC1. The van der Waals surface area contributed by atoms with Crippen LogP contribution in [0.25, 0.3) is 0 Å². The van der Waals surface area contributed by atoms with E-state index in [2.05, 4.69) is 20.2 Å². The van der Waals surface area contributed by atoms with E-state index < -0.39 is 36.2 Å². The van der Waals surface area contributed by atoms with Gasteiger partial charge in [-0.05, 0) is 25.9 Å². The highest BCUT2D eigenvalue weighted by Crippen LogP contribution is 2.28. The molecule has 0 spiro atoms. The largest absolute Gasteiger partial charge is 0.434 e. The number of aliphatic hydroxyl groups is 2. The van der Waals surface area contributed by atoms with Crippen molar-refractivity contribution in [1.29, 1.82) is 0 Å². The molecule has 0 amide bonds. The van der Waals surface area contributed by atoms with Crippen molar-refractivity contribution in [3.8, 4) is 0 Å². The first-order chi connectivity index (χ1) is 11.8. The van der Waals surface area contributed by atoms with Crippen LogP contribution in [0.3, 0.4) is 0 Å². The number of hydrogen-bond donors (Lipinski definition) is 3. The zero-order valence-electron chi connectivity index (χ0n) is 13.5. The molecular weight excluding hydrogens is 341 g/mol. The second kappa shape index (κ2) is 7.40. The fourth-order valence-electron chi connectivity index (χ4n) is 3.15. The van der Waals surface area contributed by atoms with Gasteiger partial charge in [-0.2, -0.15) is 13.2 Å². The molecule has 0 bridgehead atoms. The number of anilines is 1. The van der Waals surface area contributed by atoms with E-state index in [1.807, 2.05) is 0 Å². The molecule has 1 aromatic heterocycles. The lowest BCUT2D eigenvalue weighted by atomic mass is 9.97. The van der Waals surface area contributed by atoms with Gasteiger partial charge in [-0.15, -0.1) is 0 Å². The lowest BCUT2D eigenvalue weighted by Crippen LogP contribution is -2.58. The molecule has 3 heterocycles. The van der Waals surface area contributed by atoms with Crippen LogP contribution in [0.1, 0.15) is 18.5 Å². The summed E-state index contributed by atoms with van der Waals surface area (Å²) >= 11 is 0. The molecule has 3 rings (SSSR count). The fraction of sp³-hybridized carbons (Fsp3) is 0.733.